The maximum absolute atomic E-state index is 13.5. The third-order valence-electron chi connectivity index (χ3n) is 6.64. The smallest absolute Gasteiger partial charge is 0.416 e. The molecule has 2 heterocycles. The van der Waals surface area contributed by atoms with Crippen molar-refractivity contribution in [2.24, 2.45) is 0 Å². The second-order valence-electron chi connectivity index (χ2n) is 9.75. The molecule has 0 amide bonds. The summed E-state index contributed by atoms with van der Waals surface area (Å²) >= 11 is 0. The van der Waals surface area contributed by atoms with Crippen LogP contribution in [0, 0.1) is 0 Å². The van der Waals surface area contributed by atoms with Crippen LogP contribution in [-0.2, 0) is 24.1 Å². The Balaban J connectivity index is 1.64. The van der Waals surface area contributed by atoms with Crippen molar-refractivity contribution in [1.29, 1.82) is 0 Å². The van der Waals surface area contributed by atoms with E-state index in [1.165, 1.54) is 6.07 Å². The minimum atomic E-state index is -4.59. The van der Waals surface area contributed by atoms with Crippen LogP contribution in [0.5, 0.6) is 5.75 Å². The lowest BCUT2D eigenvalue weighted by Crippen LogP contribution is -2.37. The maximum atomic E-state index is 13.5. The molecule has 6 nitrogen and oxygen atoms in total. The summed E-state index contributed by atoms with van der Waals surface area (Å²) in [6.07, 6.45) is -0.882. The third-order valence-corrected chi connectivity index (χ3v) is 6.64. The first-order valence-electron chi connectivity index (χ1n) is 12.8. The van der Waals surface area contributed by atoms with Crippen molar-refractivity contribution >= 4 is 24.4 Å². The van der Waals surface area contributed by atoms with Gasteiger partial charge in [0, 0.05) is 19.6 Å². The predicted octanol–water partition coefficient (Wildman–Crippen LogP) is 4.93. The quantitative estimate of drug-likeness (QED) is 0.267. The molecular weight excluding hydrogens is 511 g/mol. The first-order chi connectivity index (χ1) is 18.7. The highest BCUT2D eigenvalue weighted by Crippen LogP contribution is 2.31. The molecule has 0 N–H and O–H groups in total. The van der Waals surface area contributed by atoms with Crippen molar-refractivity contribution < 1.29 is 27.0 Å². The summed E-state index contributed by atoms with van der Waals surface area (Å²) < 4.78 is 65.0. The fourth-order valence-corrected chi connectivity index (χ4v) is 4.47. The van der Waals surface area contributed by atoms with Gasteiger partial charge >= 0.3 is 6.18 Å². The maximum Gasteiger partial charge on any atom is 0.416 e. The van der Waals surface area contributed by atoms with Gasteiger partial charge in [0.1, 0.15) is 12.4 Å². The molecule has 1 aliphatic rings. The Morgan fingerprint density at radius 3 is 2.36 bits per heavy atom. The molecule has 1 aromatic heterocycles. The molecule has 4 rings (SSSR count). The number of anilines is 2. The van der Waals surface area contributed by atoms with E-state index < -0.39 is 18.4 Å². The van der Waals surface area contributed by atoms with Crippen molar-refractivity contribution in [2.75, 3.05) is 49.7 Å². The highest BCUT2D eigenvalue weighted by Gasteiger charge is 2.31. The summed E-state index contributed by atoms with van der Waals surface area (Å²) in [6.45, 7) is 5.93. The number of hydrogen-bond acceptors (Lipinski definition) is 6. The molecule has 3 aromatic rings. The molecule has 0 unspecified atom stereocenters. The van der Waals surface area contributed by atoms with Crippen molar-refractivity contribution in [1.82, 2.24) is 9.97 Å². The molecule has 11 heteroatoms. The van der Waals surface area contributed by atoms with Gasteiger partial charge in [-0.2, -0.15) is 13.2 Å². The Hall–Kier alpha value is -3.34. The Morgan fingerprint density at radius 1 is 1.05 bits per heavy atom. The predicted molar refractivity (Wildman–Crippen MR) is 145 cm³/mol. The van der Waals surface area contributed by atoms with E-state index >= 15 is 0 Å². The van der Waals surface area contributed by atoms with E-state index in [2.05, 4.69) is 28.7 Å². The minimum absolute atomic E-state index is 0.0290. The van der Waals surface area contributed by atoms with Gasteiger partial charge in [-0.3, -0.25) is 0 Å². The van der Waals surface area contributed by atoms with Gasteiger partial charge in [0.05, 0.1) is 44.0 Å². The standard InChI is InChI=1S/C28H32BF4N4O2/c1-19(2)22-4-5-26(38-3)25(13-22)29-18-37(17-21-10-20(14-30)11-23(12-21)28(31,32)33)27-34-15-24(16-35-27)36-6-8-39-9-7-36/h4-5,10-13,15-16,19H,6-9,14,17-18H2,1-3H3. The van der Waals surface area contributed by atoms with Crippen LogP contribution >= 0.6 is 0 Å². The number of benzene rings is 2. The topological polar surface area (TPSA) is 50.7 Å². The third kappa shape index (κ3) is 7.41. The summed E-state index contributed by atoms with van der Waals surface area (Å²) in [5, 5.41) is 0. The van der Waals surface area contributed by atoms with Gasteiger partial charge < -0.3 is 19.3 Å². The largest absolute Gasteiger partial charge is 0.497 e. The molecule has 0 saturated carbocycles. The van der Waals surface area contributed by atoms with Gasteiger partial charge in [0.25, 0.3) is 0 Å². The molecule has 207 valence electrons. The number of hydrogen-bond donors (Lipinski definition) is 0. The molecule has 0 spiro atoms. The zero-order valence-electron chi connectivity index (χ0n) is 22.3. The summed E-state index contributed by atoms with van der Waals surface area (Å²) in [6, 6.07) is 9.29. The second-order valence-corrected chi connectivity index (χ2v) is 9.75. The van der Waals surface area contributed by atoms with Gasteiger partial charge in [0.2, 0.25) is 5.95 Å². The Bertz CT molecular complexity index is 1240. The fraction of sp³-hybridized carbons (Fsp3) is 0.429. The van der Waals surface area contributed by atoms with Gasteiger partial charge in [-0.05, 0) is 52.7 Å². The SMILES string of the molecule is COc1ccc(C(C)C)cc1[B]CN(Cc1cc(CF)cc(C(F)(F)F)c1)c1ncc(N2CCOCC2)cn1. The zero-order valence-corrected chi connectivity index (χ0v) is 22.3. The Morgan fingerprint density at radius 2 is 1.74 bits per heavy atom. The lowest BCUT2D eigenvalue weighted by atomic mass is 9.68. The molecule has 2 aromatic carbocycles. The van der Waals surface area contributed by atoms with Crippen LogP contribution in [0.2, 0.25) is 0 Å². The van der Waals surface area contributed by atoms with Crippen LogP contribution < -0.4 is 20.0 Å². The molecule has 1 fully saturated rings. The van der Waals surface area contributed by atoms with Crippen LogP contribution in [-0.4, -0.2) is 57.1 Å². The molecule has 1 saturated heterocycles. The minimum Gasteiger partial charge on any atom is -0.497 e. The number of morpholine rings is 1. The van der Waals surface area contributed by atoms with E-state index in [1.807, 2.05) is 25.5 Å². The summed E-state index contributed by atoms with van der Waals surface area (Å²) in [5.41, 5.74) is 2.23. The van der Waals surface area contributed by atoms with E-state index in [0.29, 0.717) is 36.4 Å². The van der Waals surface area contributed by atoms with Crippen molar-refractivity contribution in [3.8, 4) is 5.75 Å². The average molecular weight is 543 g/mol. The van der Waals surface area contributed by atoms with Crippen molar-refractivity contribution in [2.45, 2.75) is 39.2 Å². The van der Waals surface area contributed by atoms with E-state index in [0.717, 1.165) is 41.9 Å². The summed E-state index contributed by atoms with van der Waals surface area (Å²) in [7, 11) is 3.53. The van der Waals surface area contributed by atoms with E-state index in [1.54, 1.807) is 24.4 Å². The number of methoxy groups -OCH3 is 1. The molecule has 39 heavy (non-hydrogen) atoms. The lowest BCUT2D eigenvalue weighted by Gasteiger charge is -2.29. The number of ether oxygens (including phenoxy) is 2. The fourth-order valence-electron chi connectivity index (χ4n) is 4.47. The Kier molecular flexibility index (Phi) is 9.32. The second kappa shape index (κ2) is 12.7. The molecule has 0 atom stereocenters. The van der Waals surface area contributed by atoms with Gasteiger partial charge in [-0.25, -0.2) is 14.4 Å². The lowest BCUT2D eigenvalue weighted by molar-refractivity contribution is -0.137. The highest BCUT2D eigenvalue weighted by atomic mass is 19.4. The van der Waals surface area contributed by atoms with E-state index in [9.17, 15) is 17.6 Å². The number of alkyl halides is 4. The summed E-state index contributed by atoms with van der Waals surface area (Å²) in [5.74, 6) is 1.34. The number of rotatable bonds is 10. The van der Waals surface area contributed by atoms with Crippen LogP contribution in [0.15, 0.2) is 48.8 Å². The van der Waals surface area contributed by atoms with Crippen LogP contribution in [0.3, 0.4) is 0 Å². The van der Waals surface area contributed by atoms with Crippen LogP contribution in [0.4, 0.5) is 29.2 Å². The molecular formula is C28H32BF4N4O2. The number of halogens is 4. The van der Waals surface area contributed by atoms with Crippen molar-refractivity contribution in [3.63, 3.8) is 0 Å². The number of nitrogens with zero attached hydrogens (tertiary/aromatic N) is 4. The van der Waals surface area contributed by atoms with Crippen LogP contribution in [0.1, 0.15) is 42.0 Å². The normalized spacial score (nSPS) is 14.0. The van der Waals surface area contributed by atoms with E-state index in [4.69, 9.17) is 9.47 Å². The summed E-state index contributed by atoms with van der Waals surface area (Å²) in [4.78, 5) is 13.0. The molecule has 0 aliphatic carbocycles. The highest BCUT2D eigenvalue weighted by molar-refractivity contribution is 6.55. The Labute approximate surface area is 227 Å². The van der Waals surface area contributed by atoms with Gasteiger partial charge in [-0.1, -0.05) is 32.0 Å². The molecule has 1 radical (unpaired) electrons. The van der Waals surface area contributed by atoms with Crippen molar-refractivity contribution in [3.05, 3.63) is 71.0 Å². The molecule has 0 bridgehead atoms. The molecule has 1 aliphatic heterocycles. The average Bonchev–Trinajstić information content (AvgIpc) is 2.95. The van der Waals surface area contributed by atoms with Gasteiger partial charge in [0.15, 0.2) is 7.28 Å². The van der Waals surface area contributed by atoms with E-state index in [-0.39, 0.29) is 18.6 Å². The number of aromatic nitrogens is 2. The zero-order chi connectivity index (χ0) is 28.0. The van der Waals surface area contributed by atoms with Gasteiger partial charge in [-0.15, -0.1) is 0 Å². The van der Waals surface area contributed by atoms with Crippen LogP contribution in [0.25, 0.3) is 0 Å². The first kappa shape index (κ1) is 28.7. The monoisotopic (exact) mass is 543 g/mol. The first-order valence-corrected chi connectivity index (χ1v) is 12.8.